The van der Waals surface area contributed by atoms with Crippen molar-refractivity contribution >= 4 is 24.2 Å². The van der Waals surface area contributed by atoms with Crippen LogP contribution in [0.4, 0.5) is 4.39 Å². The first-order chi connectivity index (χ1) is 11.4. The second kappa shape index (κ2) is 5.08. The highest BCUT2D eigenvalue weighted by molar-refractivity contribution is 6.70. The van der Waals surface area contributed by atoms with Gasteiger partial charge in [0.1, 0.15) is 11.5 Å². The summed E-state index contributed by atoms with van der Waals surface area (Å²) in [6.45, 7) is 0.472. The fourth-order valence-corrected chi connectivity index (χ4v) is 3.79. The summed E-state index contributed by atoms with van der Waals surface area (Å²) < 4.78 is 15.2. The Hall–Kier alpha value is -2.33. The Balaban J connectivity index is 1.88. The topological polar surface area (TPSA) is 84.7 Å². The zero-order chi connectivity index (χ0) is 17.1. The summed E-state index contributed by atoms with van der Waals surface area (Å²) in [4.78, 5) is 12.0. The zero-order valence-corrected chi connectivity index (χ0v) is 13.5. The molecule has 0 radical (unpaired) electrons. The Morgan fingerprint density at radius 1 is 1.50 bits per heavy atom. The van der Waals surface area contributed by atoms with Gasteiger partial charge in [-0.15, -0.1) is 0 Å². The van der Waals surface area contributed by atoms with Gasteiger partial charge in [0.25, 0.3) is 12.6 Å². The van der Waals surface area contributed by atoms with E-state index in [2.05, 4.69) is 11.1 Å². The molecule has 1 aliphatic heterocycles. The summed E-state index contributed by atoms with van der Waals surface area (Å²) in [6.07, 6.45) is 2.44. The summed E-state index contributed by atoms with van der Waals surface area (Å²) in [5.41, 5.74) is 7.49. The van der Waals surface area contributed by atoms with E-state index < -0.39 is 11.7 Å². The molecule has 1 spiro atoms. The lowest BCUT2D eigenvalue weighted by molar-refractivity contribution is 0.1000. The van der Waals surface area contributed by atoms with Crippen molar-refractivity contribution in [3.05, 3.63) is 40.3 Å². The molecule has 1 aromatic carbocycles. The number of benzene rings is 1. The van der Waals surface area contributed by atoms with Gasteiger partial charge in [-0.05, 0) is 29.8 Å². The molecule has 4 rings (SSSR count). The minimum absolute atomic E-state index is 0.0274. The Kier molecular flexibility index (Phi) is 3.22. The van der Waals surface area contributed by atoms with Gasteiger partial charge in [-0.3, -0.25) is 9.48 Å². The molecule has 0 saturated heterocycles. The Morgan fingerprint density at radius 2 is 2.25 bits per heavy atom. The van der Waals surface area contributed by atoms with E-state index in [0.717, 1.165) is 12.8 Å². The van der Waals surface area contributed by atoms with Crippen molar-refractivity contribution in [2.45, 2.75) is 31.0 Å². The van der Waals surface area contributed by atoms with Crippen LogP contribution in [0.3, 0.4) is 0 Å². The van der Waals surface area contributed by atoms with Crippen LogP contribution in [0.5, 0.6) is 0 Å². The van der Waals surface area contributed by atoms with Gasteiger partial charge in [-0.2, -0.15) is 5.10 Å². The first-order valence-electron chi connectivity index (χ1n) is 7.70. The molecule has 1 saturated carbocycles. The third-order valence-corrected chi connectivity index (χ3v) is 5.44. The number of amides is 1. The third-order valence-electron chi connectivity index (χ3n) is 5.15. The van der Waals surface area contributed by atoms with Gasteiger partial charge in [0, 0.05) is 23.8 Å². The van der Waals surface area contributed by atoms with Crippen molar-refractivity contribution in [3.63, 3.8) is 0 Å². The van der Waals surface area contributed by atoms with Gasteiger partial charge in [-0.25, -0.2) is 9.65 Å². The van der Waals surface area contributed by atoms with Crippen LogP contribution in [0.25, 0.3) is 11.3 Å². The van der Waals surface area contributed by atoms with E-state index in [4.69, 9.17) is 17.3 Å². The van der Waals surface area contributed by atoms with E-state index in [9.17, 15) is 14.4 Å². The van der Waals surface area contributed by atoms with Crippen LogP contribution in [0, 0.1) is 17.0 Å². The predicted molar refractivity (Wildman–Crippen MR) is 88.1 cm³/mol. The maximum atomic E-state index is 13.4. The number of rotatable bonds is 2. The second-order valence-corrected chi connectivity index (χ2v) is 6.98. The van der Waals surface area contributed by atoms with Crippen LogP contribution in [-0.4, -0.2) is 22.4 Å². The Labute approximate surface area is 143 Å². The third kappa shape index (κ3) is 2.14. The zero-order valence-electron chi connectivity index (χ0n) is 12.7. The molecule has 24 heavy (non-hydrogen) atoms. The van der Waals surface area contributed by atoms with Crippen molar-refractivity contribution in [1.29, 1.82) is 5.26 Å². The summed E-state index contributed by atoms with van der Waals surface area (Å²) in [7, 11) is 0. The quantitative estimate of drug-likeness (QED) is 0.851. The van der Waals surface area contributed by atoms with Gasteiger partial charge in [-0.1, -0.05) is 24.4 Å². The molecule has 0 unspecified atom stereocenters. The molecule has 2 aliphatic rings. The van der Waals surface area contributed by atoms with E-state index >= 15 is 0 Å². The number of halogens is 2. The number of nitrogens with zero attached hydrogens (tertiary/aromatic N) is 3. The van der Waals surface area contributed by atoms with Gasteiger partial charge >= 0.3 is 0 Å². The number of nitriles is 1. The smallest absolute Gasteiger partial charge is 0.281 e. The molecule has 5 nitrogen and oxygen atoms in total. The first-order valence-corrected chi connectivity index (χ1v) is 8.07. The molecule has 2 aromatic rings. The van der Waals surface area contributed by atoms with Crippen LogP contribution in [0.1, 0.15) is 28.9 Å². The number of nitrogens with two attached hydrogens (primary N) is 1. The lowest BCUT2D eigenvalue weighted by atomic mass is 9.36. The molecule has 2 N–H and O–H groups in total. The molecular formula is C16H13BClFN4O. The molecule has 120 valence electrons. The molecule has 1 aromatic heterocycles. The summed E-state index contributed by atoms with van der Waals surface area (Å²) in [5, 5.41) is 13.9. The number of hydrogen-bond acceptors (Lipinski definition) is 3. The van der Waals surface area contributed by atoms with Crippen LogP contribution in [0.2, 0.25) is 10.3 Å². The largest absolute Gasteiger partial charge is 0.365 e. The highest BCUT2D eigenvalue weighted by atomic mass is 35.5. The standard InChI is InChI=1S/C16H13BClFN4O/c18-10-5-9(1-2-11(10)19)14-13(15(21)24)12-6-17(8-20)16(3-4-16)7-23(12)22-14/h1-2,5H,3-4,6-7H2,(H2,21,24). The normalized spacial score (nSPS) is 17.5. The molecule has 1 fully saturated rings. The Morgan fingerprint density at radius 3 is 2.83 bits per heavy atom. The fraction of sp³-hybridized carbons (Fsp3) is 0.312. The van der Waals surface area contributed by atoms with E-state index in [1.807, 2.05) is 0 Å². The fourth-order valence-electron chi connectivity index (χ4n) is 3.61. The molecule has 1 amide bonds. The van der Waals surface area contributed by atoms with Gasteiger partial charge < -0.3 is 5.73 Å². The maximum Gasteiger partial charge on any atom is 0.281 e. The van der Waals surface area contributed by atoms with E-state index in [0.29, 0.717) is 35.4 Å². The Bertz CT molecular complexity index is 916. The van der Waals surface area contributed by atoms with Gasteiger partial charge in [0.05, 0.1) is 10.6 Å². The number of hydrogen-bond donors (Lipinski definition) is 1. The second-order valence-electron chi connectivity index (χ2n) is 6.57. The van der Waals surface area contributed by atoms with E-state index in [1.54, 1.807) is 4.68 Å². The van der Waals surface area contributed by atoms with Crippen LogP contribution < -0.4 is 5.73 Å². The minimum atomic E-state index is -0.602. The predicted octanol–water partition coefficient (Wildman–Crippen LogP) is 2.63. The average molecular weight is 343 g/mol. The van der Waals surface area contributed by atoms with Crippen molar-refractivity contribution in [2.24, 2.45) is 5.73 Å². The van der Waals surface area contributed by atoms with Crippen LogP contribution in [0.15, 0.2) is 18.2 Å². The number of aromatic nitrogens is 2. The molecule has 1 aliphatic carbocycles. The van der Waals surface area contributed by atoms with Gasteiger partial charge in [0.2, 0.25) is 0 Å². The lowest BCUT2D eigenvalue weighted by Gasteiger charge is -2.25. The van der Waals surface area contributed by atoms with E-state index in [1.165, 1.54) is 18.2 Å². The average Bonchev–Trinajstić information content (AvgIpc) is 3.20. The van der Waals surface area contributed by atoms with E-state index in [-0.39, 0.29) is 17.0 Å². The maximum absolute atomic E-state index is 13.4. The van der Waals surface area contributed by atoms with Crippen molar-refractivity contribution < 1.29 is 9.18 Å². The summed E-state index contributed by atoms with van der Waals surface area (Å²) in [5.74, 6) is 1.23. The molecular weight excluding hydrogens is 329 g/mol. The SMILES string of the molecule is N#CB1Cc2c(C(N)=O)c(-c3ccc(F)c(Cl)c3)nn2CC12CC2. The molecule has 8 heteroatoms. The summed E-state index contributed by atoms with van der Waals surface area (Å²) >= 11 is 5.85. The van der Waals surface area contributed by atoms with Crippen molar-refractivity contribution in [1.82, 2.24) is 9.78 Å². The molecule has 2 heterocycles. The highest BCUT2D eigenvalue weighted by Crippen LogP contribution is 2.59. The first kappa shape index (κ1) is 15.2. The van der Waals surface area contributed by atoms with Crippen molar-refractivity contribution in [3.8, 4) is 17.2 Å². The highest BCUT2D eigenvalue weighted by Gasteiger charge is 2.56. The van der Waals surface area contributed by atoms with Crippen molar-refractivity contribution in [2.75, 3.05) is 0 Å². The number of carbonyl (C=O) groups is 1. The number of fused-ring (bicyclic) bond motifs is 1. The number of carbonyl (C=O) groups excluding carboxylic acids is 1. The molecule has 0 bridgehead atoms. The molecule has 0 atom stereocenters. The van der Waals surface area contributed by atoms with Gasteiger partial charge in [0.15, 0.2) is 0 Å². The monoisotopic (exact) mass is 342 g/mol. The van der Waals surface area contributed by atoms with Crippen LogP contribution >= 0.6 is 11.6 Å². The van der Waals surface area contributed by atoms with Crippen LogP contribution in [-0.2, 0) is 12.9 Å². The lowest BCUT2D eigenvalue weighted by Crippen LogP contribution is -2.35. The summed E-state index contributed by atoms with van der Waals surface area (Å²) in [6, 6.07) is 4.20. The minimum Gasteiger partial charge on any atom is -0.365 e. The number of primary amides is 1.